The Hall–Kier alpha value is -1.88. The molecule has 88 valence electrons. The molecule has 0 fully saturated rings. The number of nitrogens with zero attached hydrogens (tertiary/aromatic N) is 1. The zero-order valence-corrected chi connectivity index (χ0v) is 10.1. The number of aldehydes is 1. The predicted molar refractivity (Wildman–Crippen MR) is 64.8 cm³/mol. The molecule has 4 nitrogen and oxygen atoms in total. The lowest BCUT2D eigenvalue weighted by Crippen LogP contribution is -1.96. The van der Waals surface area contributed by atoms with Crippen LogP contribution in [0.3, 0.4) is 0 Å². The zero-order valence-electron chi connectivity index (χ0n) is 9.25. The van der Waals surface area contributed by atoms with Gasteiger partial charge in [0.05, 0.1) is 17.5 Å². The Labute approximate surface area is 103 Å². The fraction of sp³-hybridized carbons (Fsp3) is 0.167. The van der Waals surface area contributed by atoms with Crippen LogP contribution < -0.4 is 9.47 Å². The summed E-state index contributed by atoms with van der Waals surface area (Å²) in [6.07, 6.45) is 2.53. The third-order valence-electron chi connectivity index (χ3n) is 2.18. The van der Waals surface area contributed by atoms with Crippen LogP contribution in [0.2, 0.25) is 0 Å². The van der Waals surface area contributed by atoms with E-state index in [1.165, 1.54) is 11.3 Å². The Balaban J connectivity index is 2.12. The zero-order chi connectivity index (χ0) is 12.1. The Morgan fingerprint density at radius 2 is 2.29 bits per heavy atom. The molecule has 0 radical (unpaired) electrons. The third kappa shape index (κ3) is 2.82. The maximum absolute atomic E-state index is 10.6. The van der Waals surface area contributed by atoms with Gasteiger partial charge in [-0.25, -0.2) is 0 Å². The molecule has 0 unspecified atom stereocenters. The number of hydrogen-bond donors (Lipinski definition) is 0. The number of thiazole rings is 1. The molecular formula is C12H11NO3S. The van der Waals surface area contributed by atoms with E-state index in [0.717, 1.165) is 11.2 Å². The van der Waals surface area contributed by atoms with Gasteiger partial charge in [0, 0.05) is 11.8 Å². The van der Waals surface area contributed by atoms with Crippen LogP contribution in [-0.2, 0) is 6.61 Å². The highest BCUT2D eigenvalue weighted by molar-refractivity contribution is 7.09. The van der Waals surface area contributed by atoms with E-state index in [-0.39, 0.29) is 0 Å². The maximum atomic E-state index is 10.6. The Morgan fingerprint density at radius 1 is 1.41 bits per heavy atom. The van der Waals surface area contributed by atoms with E-state index in [1.54, 1.807) is 37.0 Å². The largest absolute Gasteiger partial charge is 0.493 e. The summed E-state index contributed by atoms with van der Waals surface area (Å²) >= 11 is 1.53. The van der Waals surface area contributed by atoms with Gasteiger partial charge in [0.15, 0.2) is 11.5 Å². The number of methoxy groups -OCH3 is 1. The molecule has 1 aromatic carbocycles. The molecule has 0 saturated carbocycles. The van der Waals surface area contributed by atoms with Crippen molar-refractivity contribution in [1.82, 2.24) is 4.98 Å². The lowest BCUT2D eigenvalue weighted by molar-refractivity contribution is 0.112. The van der Waals surface area contributed by atoms with Crippen molar-refractivity contribution in [2.75, 3.05) is 7.11 Å². The molecule has 0 bridgehead atoms. The van der Waals surface area contributed by atoms with Crippen molar-refractivity contribution in [3.8, 4) is 11.5 Å². The van der Waals surface area contributed by atoms with E-state index < -0.39 is 0 Å². The number of benzene rings is 1. The first-order valence-electron chi connectivity index (χ1n) is 4.97. The molecule has 0 aliphatic rings. The van der Waals surface area contributed by atoms with Crippen LogP contribution in [0.5, 0.6) is 11.5 Å². The van der Waals surface area contributed by atoms with Crippen LogP contribution in [0.15, 0.2) is 29.9 Å². The van der Waals surface area contributed by atoms with Crippen molar-refractivity contribution >= 4 is 17.6 Å². The van der Waals surface area contributed by atoms with E-state index >= 15 is 0 Å². The summed E-state index contributed by atoms with van der Waals surface area (Å²) in [5.41, 5.74) is 2.32. The number of carbonyl (C=O) groups is 1. The molecule has 0 saturated heterocycles. The van der Waals surface area contributed by atoms with Crippen molar-refractivity contribution in [3.63, 3.8) is 0 Å². The highest BCUT2D eigenvalue weighted by Gasteiger charge is 2.06. The quantitative estimate of drug-likeness (QED) is 0.764. The highest BCUT2D eigenvalue weighted by atomic mass is 32.1. The van der Waals surface area contributed by atoms with Gasteiger partial charge >= 0.3 is 0 Å². The number of aromatic nitrogens is 1. The van der Waals surface area contributed by atoms with Gasteiger partial charge in [-0.3, -0.25) is 9.78 Å². The van der Waals surface area contributed by atoms with Crippen molar-refractivity contribution in [1.29, 1.82) is 0 Å². The Morgan fingerprint density at radius 3 is 2.94 bits per heavy atom. The minimum atomic E-state index is 0.446. The highest BCUT2D eigenvalue weighted by Crippen LogP contribution is 2.28. The van der Waals surface area contributed by atoms with E-state index in [0.29, 0.717) is 23.7 Å². The Bertz CT molecular complexity index is 496. The Kier molecular flexibility index (Phi) is 3.72. The number of ether oxygens (including phenoxy) is 2. The third-order valence-corrected chi connectivity index (χ3v) is 2.93. The average Bonchev–Trinajstić information content (AvgIpc) is 2.89. The summed E-state index contributed by atoms with van der Waals surface area (Å²) in [5, 5.41) is 0. The summed E-state index contributed by atoms with van der Waals surface area (Å²) in [6.45, 7) is 0.446. The molecule has 0 N–H and O–H groups in total. The molecule has 1 aromatic heterocycles. The molecule has 17 heavy (non-hydrogen) atoms. The average molecular weight is 249 g/mol. The molecule has 0 atom stereocenters. The van der Waals surface area contributed by atoms with Gasteiger partial charge in [0.1, 0.15) is 12.9 Å². The lowest BCUT2D eigenvalue weighted by Gasteiger charge is -2.09. The first-order valence-corrected chi connectivity index (χ1v) is 5.85. The summed E-state index contributed by atoms with van der Waals surface area (Å²) in [4.78, 5) is 15.6. The van der Waals surface area contributed by atoms with Gasteiger partial charge in [-0.2, -0.15) is 0 Å². The fourth-order valence-electron chi connectivity index (χ4n) is 1.34. The molecule has 2 aromatic rings. The summed E-state index contributed by atoms with van der Waals surface area (Å²) in [6, 6.07) is 5.07. The van der Waals surface area contributed by atoms with E-state index in [2.05, 4.69) is 4.98 Å². The van der Waals surface area contributed by atoms with Crippen LogP contribution in [0.4, 0.5) is 0 Å². The van der Waals surface area contributed by atoms with Gasteiger partial charge in [-0.1, -0.05) is 0 Å². The van der Waals surface area contributed by atoms with Crippen molar-refractivity contribution in [2.24, 2.45) is 0 Å². The molecule has 1 heterocycles. The molecule has 0 amide bonds. The molecule has 0 aliphatic heterocycles. The fourth-order valence-corrected chi connectivity index (χ4v) is 1.84. The van der Waals surface area contributed by atoms with Gasteiger partial charge in [-0.05, 0) is 18.2 Å². The summed E-state index contributed by atoms with van der Waals surface area (Å²) in [7, 11) is 1.55. The maximum Gasteiger partial charge on any atom is 0.161 e. The van der Waals surface area contributed by atoms with Crippen LogP contribution >= 0.6 is 11.3 Å². The predicted octanol–water partition coefficient (Wildman–Crippen LogP) is 2.54. The normalized spacial score (nSPS) is 9.94. The van der Waals surface area contributed by atoms with Crippen molar-refractivity contribution in [2.45, 2.75) is 6.61 Å². The number of rotatable bonds is 5. The monoisotopic (exact) mass is 249 g/mol. The van der Waals surface area contributed by atoms with E-state index in [4.69, 9.17) is 9.47 Å². The topological polar surface area (TPSA) is 48.4 Å². The first-order chi connectivity index (χ1) is 8.33. The smallest absolute Gasteiger partial charge is 0.161 e. The van der Waals surface area contributed by atoms with Gasteiger partial charge in [-0.15, -0.1) is 11.3 Å². The minimum absolute atomic E-state index is 0.446. The first kappa shape index (κ1) is 11.6. The second-order valence-corrected chi connectivity index (χ2v) is 4.26. The van der Waals surface area contributed by atoms with Crippen LogP contribution in [0, 0.1) is 0 Å². The molecule has 0 spiro atoms. The second-order valence-electron chi connectivity index (χ2n) is 3.28. The molecule has 5 heteroatoms. The summed E-state index contributed by atoms with van der Waals surface area (Å²) in [5.74, 6) is 1.17. The molecule has 0 aliphatic carbocycles. The second kappa shape index (κ2) is 5.45. The standard InChI is InChI=1S/C12H11NO3S/c1-15-12-4-9(6-14)2-3-11(12)16-7-10-5-13-8-17-10/h2-6,8H,7H2,1H3. The van der Waals surface area contributed by atoms with Crippen LogP contribution in [-0.4, -0.2) is 18.4 Å². The molecular weight excluding hydrogens is 238 g/mol. The number of carbonyl (C=O) groups excluding carboxylic acids is 1. The van der Waals surface area contributed by atoms with Gasteiger partial charge in [0.25, 0.3) is 0 Å². The van der Waals surface area contributed by atoms with E-state index in [9.17, 15) is 4.79 Å². The number of hydrogen-bond acceptors (Lipinski definition) is 5. The SMILES string of the molecule is COc1cc(C=O)ccc1OCc1cncs1. The van der Waals surface area contributed by atoms with Crippen molar-refractivity contribution in [3.05, 3.63) is 40.3 Å². The summed E-state index contributed by atoms with van der Waals surface area (Å²) < 4.78 is 10.8. The van der Waals surface area contributed by atoms with Gasteiger partial charge in [0.2, 0.25) is 0 Å². The van der Waals surface area contributed by atoms with Gasteiger partial charge < -0.3 is 9.47 Å². The van der Waals surface area contributed by atoms with Crippen LogP contribution in [0.1, 0.15) is 15.2 Å². The lowest BCUT2D eigenvalue weighted by atomic mass is 10.2. The van der Waals surface area contributed by atoms with Crippen LogP contribution in [0.25, 0.3) is 0 Å². The van der Waals surface area contributed by atoms with Crippen molar-refractivity contribution < 1.29 is 14.3 Å². The molecule has 2 rings (SSSR count). The minimum Gasteiger partial charge on any atom is -0.493 e. The van der Waals surface area contributed by atoms with E-state index in [1.807, 2.05) is 0 Å².